The summed E-state index contributed by atoms with van der Waals surface area (Å²) in [6, 6.07) is 7.34. The minimum absolute atomic E-state index is 0.119. The average molecular weight is 422 g/mol. The van der Waals surface area contributed by atoms with Gasteiger partial charge in [0.15, 0.2) is 0 Å². The van der Waals surface area contributed by atoms with E-state index in [4.69, 9.17) is 11.6 Å². The van der Waals surface area contributed by atoms with E-state index in [0.29, 0.717) is 22.6 Å². The number of hydrogen-bond acceptors (Lipinski definition) is 3. The van der Waals surface area contributed by atoms with Crippen LogP contribution in [0.15, 0.2) is 47.3 Å². The highest BCUT2D eigenvalue weighted by atomic mass is 79.9. The van der Waals surface area contributed by atoms with Crippen LogP contribution < -0.4 is 0 Å². The van der Waals surface area contributed by atoms with Crippen LogP contribution in [-0.2, 0) is 0 Å². The number of rotatable bonds is 2. The third kappa shape index (κ3) is 2.89. The normalized spacial score (nSPS) is 11.2. The van der Waals surface area contributed by atoms with Crippen LogP contribution in [0.4, 0.5) is 8.78 Å². The quantitative estimate of drug-likeness (QED) is 0.442. The van der Waals surface area contributed by atoms with Crippen molar-refractivity contribution < 1.29 is 8.78 Å². The molecular weight excluding hydrogens is 414 g/mol. The molecule has 3 aromatic heterocycles. The van der Waals surface area contributed by atoms with E-state index in [0.717, 1.165) is 16.1 Å². The van der Waals surface area contributed by atoms with Crippen molar-refractivity contribution in [2.45, 2.75) is 0 Å². The van der Waals surface area contributed by atoms with E-state index >= 15 is 0 Å². The number of aromatic amines is 1. The van der Waals surface area contributed by atoms with Gasteiger partial charge in [0, 0.05) is 22.3 Å². The van der Waals surface area contributed by atoms with E-state index in [9.17, 15) is 8.78 Å². The number of benzene rings is 1. The Labute approximate surface area is 154 Å². The molecule has 0 bridgehead atoms. The number of nitrogens with zero attached hydrogens (tertiary/aromatic N) is 3. The maximum absolute atomic E-state index is 14.2. The lowest BCUT2D eigenvalue weighted by Crippen LogP contribution is -1.93. The Morgan fingerprint density at radius 3 is 2.68 bits per heavy atom. The second kappa shape index (κ2) is 6.16. The number of hydrogen-bond donors (Lipinski definition) is 1. The standard InChI is InChI=1S/C17H8BrClF2N4/c18-8-3-15-13(22-6-8)1-2-14(25-15)17-16(23-7-24-17)9-4-10(19)12(21)5-11(9)20/h1-7H,(H,23,24). The van der Waals surface area contributed by atoms with E-state index in [-0.39, 0.29) is 10.6 Å². The van der Waals surface area contributed by atoms with Crippen molar-refractivity contribution in [1.82, 2.24) is 19.9 Å². The van der Waals surface area contributed by atoms with Crippen molar-refractivity contribution in [3.05, 3.63) is 64.0 Å². The maximum atomic E-state index is 14.2. The monoisotopic (exact) mass is 420 g/mol. The van der Waals surface area contributed by atoms with Crippen LogP contribution in [0.5, 0.6) is 0 Å². The number of aromatic nitrogens is 4. The molecule has 0 aliphatic rings. The zero-order valence-corrected chi connectivity index (χ0v) is 14.7. The third-order valence-electron chi connectivity index (χ3n) is 3.67. The molecule has 0 fully saturated rings. The van der Waals surface area contributed by atoms with Crippen LogP contribution in [-0.4, -0.2) is 19.9 Å². The van der Waals surface area contributed by atoms with Crippen molar-refractivity contribution in [2.75, 3.05) is 0 Å². The Morgan fingerprint density at radius 1 is 1.00 bits per heavy atom. The van der Waals surface area contributed by atoms with Crippen molar-refractivity contribution in [2.24, 2.45) is 0 Å². The summed E-state index contributed by atoms with van der Waals surface area (Å²) in [5, 5.41) is -0.170. The van der Waals surface area contributed by atoms with Gasteiger partial charge in [-0.25, -0.2) is 18.7 Å². The molecule has 0 atom stereocenters. The molecule has 0 spiro atoms. The smallest absolute Gasteiger partial charge is 0.144 e. The fraction of sp³-hybridized carbons (Fsp3) is 0. The van der Waals surface area contributed by atoms with E-state index < -0.39 is 11.6 Å². The first-order valence-electron chi connectivity index (χ1n) is 7.14. The predicted molar refractivity (Wildman–Crippen MR) is 95.2 cm³/mol. The summed E-state index contributed by atoms with van der Waals surface area (Å²) in [6.07, 6.45) is 3.10. The molecule has 0 aliphatic carbocycles. The van der Waals surface area contributed by atoms with Crippen molar-refractivity contribution in [3.8, 4) is 22.6 Å². The van der Waals surface area contributed by atoms with Crippen LogP contribution in [0.25, 0.3) is 33.7 Å². The molecular formula is C17H8BrClF2N4. The Balaban J connectivity index is 1.89. The molecule has 0 saturated heterocycles. The minimum atomic E-state index is -0.816. The maximum Gasteiger partial charge on any atom is 0.144 e. The molecule has 1 N–H and O–H groups in total. The summed E-state index contributed by atoms with van der Waals surface area (Å²) in [5.74, 6) is -1.55. The summed E-state index contributed by atoms with van der Waals surface area (Å²) < 4.78 is 28.4. The van der Waals surface area contributed by atoms with Gasteiger partial charge in [-0.3, -0.25) is 4.98 Å². The topological polar surface area (TPSA) is 54.5 Å². The molecule has 25 heavy (non-hydrogen) atoms. The van der Waals surface area contributed by atoms with Gasteiger partial charge in [-0.05, 0) is 40.2 Å². The number of imidazole rings is 1. The fourth-order valence-electron chi connectivity index (χ4n) is 2.52. The number of pyridine rings is 2. The van der Waals surface area contributed by atoms with Gasteiger partial charge in [0.25, 0.3) is 0 Å². The van der Waals surface area contributed by atoms with Crippen molar-refractivity contribution in [3.63, 3.8) is 0 Å². The SMILES string of the molecule is Fc1cc(F)c(-c2[nH]cnc2-c2ccc3ncc(Br)cc3n2)cc1Cl. The van der Waals surface area contributed by atoms with Gasteiger partial charge in [-0.15, -0.1) is 0 Å². The van der Waals surface area contributed by atoms with Crippen LogP contribution >= 0.6 is 27.5 Å². The van der Waals surface area contributed by atoms with Crippen molar-refractivity contribution in [1.29, 1.82) is 0 Å². The average Bonchev–Trinajstić information content (AvgIpc) is 3.07. The van der Waals surface area contributed by atoms with Crippen LogP contribution in [0.3, 0.4) is 0 Å². The molecule has 8 heteroatoms. The second-order valence-corrected chi connectivity index (χ2v) is 6.58. The Morgan fingerprint density at radius 2 is 1.84 bits per heavy atom. The van der Waals surface area contributed by atoms with Gasteiger partial charge in [-0.1, -0.05) is 11.6 Å². The number of fused-ring (bicyclic) bond motifs is 1. The van der Waals surface area contributed by atoms with E-state index in [1.54, 1.807) is 18.3 Å². The molecule has 124 valence electrons. The minimum Gasteiger partial charge on any atom is -0.344 e. The first-order valence-corrected chi connectivity index (χ1v) is 8.31. The van der Waals surface area contributed by atoms with Gasteiger partial charge >= 0.3 is 0 Å². The molecule has 1 aromatic carbocycles. The van der Waals surface area contributed by atoms with Crippen LogP contribution in [0.2, 0.25) is 5.02 Å². The summed E-state index contributed by atoms with van der Waals surface area (Å²) in [4.78, 5) is 15.9. The van der Waals surface area contributed by atoms with E-state index in [1.165, 1.54) is 12.4 Å². The fourth-order valence-corrected chi connectivity index (χ4v) is 3.00. The molecule has 4 nitrogen and oxygen atoms in total. The largest absolute Gasteiger partial charge is 0.344 e. The Bertz CT molecular complexity index is 1110. The number of halogens is 4. The summed E-state index contributed by atoms with van der Waals surface area (Å²) in [7, 11) is 0. The number of nitrogens with one attached hydrogen (secondary N) is 1. The molecule has 4 rings (SSSR count). The highest BCUT2D eigenvalue weighted by molar-refractivity contribution is 9.10. The zero-order valence-electron chi connectivity index (χ0n) is 12.4. The van der Waals surface area contributed by atoms with Gasteiger partial charge in [-0.2, -0.15) is 0 Å². The molecule has 0 unspecified atom stereocenters. The lowest BCUT2D eigenvalue weighted by molar-refractivity contribution is 0.585. The third-order valence-corrected chi connectivity index (χ3v) is 4.39. The summed E-state index contributed by atoms with van der Waals surface area (Å²) in [5.41, 5.74) is 2.84. The van der Waals surface area contributed by atoms with E-state index in [2.05, 4.69) is 35.9 Å². The highest BCUT2D eigenvalue weighted by Gasteiger charge is 2.18. The highest BCUT2D eigenvalue weighted by Crippen LogP contribution is 2.33. The van der Waals surface area contributed by atoms with Gasteiger partial charge in [0.05, 0.1) is 33.8 Å². The van der Waals surface area contributed by atoms with Gasteiger partial charge < -0.3 is 4.98 Å². The molecule has 4 aromatic rings. The molecule has 0 saturated carbocycles. The lowest BCUT2D eigenvalue weighted by atomic mass is 10.1. The Kier molecular flexibility index (Phi) is 3.97. The van der Waals surface area contributed by atoms with E-state index in [1.807, 2.05) is 6.07 Å². The second-order valence-electron chi connectivity index (χ2n) is 5.26. The first-order chi connectivity index (χ1) is 12.0. The zero-order chi connectivity index (χ0) is 17.6. The molecule has 0 radical (unpaired) electrons. The summed E-state index contributed by atoms with van der Waals surface area (Å²) >= 11 is 9.15. The first kappa shape index (κ1) is 16.1. The molecule has 0 aliphatic heterocycles. The van der Waals surface area contributed by atoms with Gasteiger partial charge in [0.1, 0.15) is 17.3 Å². The number of H-pyrrole nitrogens is 1. The van der Waals surface area contributed by atoms with Crippen LogP contribution in [0.1, 0.15) is 0 Å². The van der Waals surface area contributed by atoms with Gasteiger partial charge in [0.2, 0.25) is 0 Å². The summed E-state index contributed by atoms with van der Waals surface area (Å²) in [6.45, 7) is 0. The van der Waals surface area contributed by atoms with Crippen molar-refractivity contribution >= 4 is 38.6 Å². The molecule has 3 heterocycles. The molecule has 0 amide bonds. The van der Waals surface area contributed by atoms with Crippen LogP contribution in [0, 0.1) is 11.6 Å². The Hall–Kier alpha value is -2.38. The lowest BCUT2D eigenvalue weighted by Gasteiger charge is -2.06. The predicted octanol–water partition coefficient (Wildman–Crippen LogP) is 5.38.